The number of hydrogen-bond acceptors (Lipinski definition) is 2. The molecule has 13 heavy (non-hydrogen) atoms. The Morgan fingerprint density at radius 2 is 2.08 bits per heavy atom. The van der Waals surface area contributed by atoms with Crippen molar-refractivity contribution in [2.75, 3.05) is 0 Å². The molecule has 0 radical (unpaired) electrons. The van der Waals surface area contributed by atoms with Crippen molar-refractivity contribution in [1.82, 2.24) is 0 Å². The average molecular weight is 183 g/mol. The van der Waals surface area contributed by atoms with E-state index in [4.69, 9.17) is 10.4 Å². The second kappa shape index (κ2) is 3.97. The third kappa shape index (κ3) is 1.82. The molecule has 0 unspecified atom stereocenters. The van der Waals surface area contributed by atoms with E-state index in [2.05, 4.69) is 0 Å². The van der Waals surface area contributed by atoms with Crippen molar-refractivity contribution < 1.29 is 13.9 Å². The van der Waals surface area contributed by atoms with Gasteiger partial charge in [0.2, 0.25) is 0 Å². The number of halogens is 2. The molecule has 1 rings (SSSR count). The van der Waals surface area contributed by atoms with Crippen LogP contribution in [0.4, 0.5) is 8.78 Å². The fourth-order valence-electron chi connectivity index (χ4n) is 0.995. The van der Waals surface area contributed by atoms with E-state index in [0.717, 1.165) is 12.1 Å². The van der Waals surface area contributed by atoms with Gasteiger partial charge in [-0.1, -0.05) is 0 Å². The molecule has 0 fully saturated rings. The highest BCUT2D eigenvalue weighted by Gasteiger charge is 2.08. The Morgan fingerprint density at radius 1 is 1.38 bits per heavy atom. The van der Waals surface area contributed by atoms with Crippen LogP contribution in [-0.4, -0.2) is 5.11 Å². The van der Waals surface area contributed by atoms with Gasteiger partial charge in [0.05, 0.1) is 18.2 Å². The summed E-state index contributed by atoms with van der Waals surface area (Å²) in [4.78, 5) is 0. The molecule has 0 saturated heterocycles. The van der Waals surface area contributed by atoms with E-state index in [1.54, 1.807) is 6.07 Å². The van der Waals surface area contributed by atoms with Crippen LogP contribution in [0.3, 0.4) is 0 Å². The molecule has 2 nitrogen and oxygen atoms in total. The number of aliphatic hydroxyl groups is 1. The Bertz CT molecular complexity index is 357. The fraction of sp³-hybridized carbons (Fsp3) is 0.222. The monoisotopic (exact) mass is 183 g/mol. The molecule has 68 valence electrons. The molecule has 0 bridgehead atoms. The number of alkyl halides is 1. The van der Waals surface area contributed by atoms with Crippen LogP contribution in [0.5, 0.6) is 0 Å². The van der Waals surface area contributed by atoms with Gasteiger partial charge in [-0.25, -0.2) is 8.78 Å². The minimum absolute atomic E-state index is 0.00810. The van der Waals surface area contributed by atoms with Crippen LogP contribution in [-0.2, 0) is 13.3 Å². The number of rotatable bonds is 2. The van der Waals surface area contributed by atoms with E-state index in [-0.39, 0.29) is 16.7 Å². The quantitative estimate of drug-likeness (QED) is 0.757. The molecule has 1 aromatic carbocycles. The lowest BCUT2D eigenvalue weighted by Gasteiger charge is -2.03. The molecule has 0 heterocycles. The maximum absolute atomic E-state index is 12.9. The van der Waals surface area contributed by atoms with Gasteiger partial charge in [-0.15, -0.1) is 0 Å². The first-order valence-electron chi connectivity index (χ1n) is 3.61. The van der Waals surface area contributed by atoms with Crippen LogP contribution in [0.25, 0.3) is 0 Å². The molecule has 0 aliphatic rings. The minimum Gasteiger partial charge on any atom is -0.392 e. The van der Waals surface area contributed by atoms with E-state index >= 15 is 0 Å². The Labute approximate surface area is 74.0 Å². The summed E-state index contributed by atoms with van der Waals surface area (Å²) in [6, 6.07) is 3.82. The van der Waals surface area contributed by atoms with Crippen molar-refractivity contribution in [3.05, 3.63) is 34.6 Å². The highest BCUT2D eigenvalue weighted by atomic mass is 19.1. The lowest BCUT2D eigenvalue weighted by atomic mass is 10.1. The van der Waals surface area contributed by atoms with E-state index in [0.29, 0.717) is 0 Å². The molecule has 4 heteroatoms. The van der Waals surface area contributed by atoms with Gasteiger partial charge >= 0.3 is 0 Å². The molecule has 0 aliphatic carbocycles. The molecule has 0 aliphatic heterocycles. The molecule has 0 atom stereocenters. The molecular weight excluding hydrogens is 176 g/mol. The highest BCUT2D eigenvalue weighted by Crippen LogP contribution is 2.16. The second-order valence-electron chi connectivity index (χ2n) is 2.50. The number of nitrogens with zero attached hydrogens (tertiary/aromatic N) is 1. The Hall–Kier alpha value is -1.47. The molecule has 1 N–H and O–H groups in total. The zero-order valence-corrected chi connectivity index (χ0v) is 6.72. The summed E-state index contributed by atoms with van der Waals surface area (Å²) in [6.07, 6.45) is 0. The van der Waals surface area contributed by atoms with Crippen LogP contribution in [0.15, 0.2) is 12.1 Å². The predicted octanol–water partition coefficient (Wildman–Crippen LogP) is 1.66. The maximum atomic E-state index is 12.9. The maximum Gasteiger partial charge on any atom is 0.129 e. The van der Waals surface area contributed by atoms with Crippen molar-refractivity contribution in [3.8, 4) is 6.07 Å². The van der Waals surface area contributed by atoms with Crippen molar-refractivity contribution in [3.63, 3.8) is 0 Å². The van der Waals surface area contributed by atoms with Crippen LogP contribution >= 0.6 is 0 Å². The van der Waals surface area contributed by atoms with Gasteiger partial charge in [0.1, 0.15) is 12.5 Å². The van der Waals surface area contributed by atoms with Gasteiger partial charge in [0.15, 0.2) is 0 Å². The zero-order valence-electron chi connectivity index (χ0n) is 6.72. The van der Waals surface area contributed by atoms with Crippen LogP contribution in [0.2, 0.25) is 0 Å². The Balaban J connectivity index is 3.28. The third-order valence-corrected chi connectivity index (χ3v) is 1.71. The average Bonchev–Trinajstić information content (AvgIpc) is 2.17. The second-order valence-corrected chi connectivity index (χ2v) is 2.50. The lowest BCUT2D eigenvalue weighted by molar-refractivity contribution is 0.275. The topological polar surface area (TPSA) is 44.0 Å². The standard InChI is InChI=1S/C9H7F2NO/c10-3-6-2-9(11)8(5-13)1-7(6)4-12/h1-2,13H,3,5H2. The largest absolute Gasteiger partial charge is 0.392 e. The van der Waals surface area contributed by atoms with Gasteiger partial charge in [-0.3, -0.25) is 0 Å². The van der Waals surface area contributed by atoms with Crippen LogP contribution in [0.1, 0.15) is 16.7 Å². The molecule has 1 aromatic rings. The third-order valence-electron chi connectivity index (χ3n) is 1.71. The lowest BCUT2D eigenvalue weighted by Crippen LogP contribution is -1.95. The van der Waals surface area contributed by atoms with Crippen LogP contribution in [0, 0.1) is 17.1 Å². The number of nitriles is 1. The highest BCUT2D eigenvalue weighted by molar-refractivity contribution is 5.40. The molecule has 0 amide bonds. The molecule has 0 spiro atoms. The first kappa shape index (κ1) is 9.62. The van der Waals surface area contributed by atoms with Crippen molar-refractivity contribution in [2.24, 2.45) is 0 Å². The van der Waals surface area contributed by atoms with Gasteiger partial charge in [-0.05, 0) is 12.1 Å². The van der Waals surface area contributed by atoms with Crippen LogP contribution < -0.4 is 0 Å². The van der Waals surface area contributed by atoms with Gasteiger partial charge in [-0.2, -0.15) is 5.26 Å². The summed E-state index contributed by atoms with van der Waals surface area (Å²) in [7, 11) is 0. The Kier molecular flexibility index (Phi) is 2.93. The van der Waals surface area contributed by atoms with Gasteiger partial charge in [0, 0.05) is 11.1 Å². The van der Waals surface area contributed by atoms with E-state index in [1.807, 2.05) is 0 Å². The minimum atomic E-state index is -0.883. The predicted molar refractivity (Wildman–Crippen MR) is 41.8 cm³/mol. The summed E-state index contributed by atoms with van der Waals surface area (Å²) in [5.41, 5.74) is 0.0823. The SMILES string of the molecule is N#Cc1cc(CO)c(F)cc1CF. The van der Waals surface area contributed by atoms with Crippen molar-refractivity contribution in [1.29, 1.82) is 5.26 Å². The van der Waals surface area contributed by atoms with E-state index < -0.39 is 19.1 Å². The molecule has 0 aromatic heterocycles. The number of benzene rings is 1. The first-order valence-corrected chi connectivity index (χ1v) is 3.61. The van der Waals surface area contributed by atoms with E-state index in [1.165, 1.54) is 0 Å². The van der Waals surface area contributed by atoms with Crippen molar-refractivity contribution >= 4 is 0 Å². The summed E-state index contributed by atoms with van der Waals surface area (Å²) in [5.74, 6) is -0.686. The van der Waals surface area contributed by atoms with Gasteiger partial charge < -0.3 is 5.11 Å². The zero-order chi connectivity index (χ0) is 9.84. The number of hydrogen-bond donors (Lipinski definition) is 1. The molecule has 0 saturated carbocycles. The molecular formula is C9H7F2NO. The normalized spacial score (nSPS) is 9.69. The number of aliphatic hydroxyl groups excluding tert-OH is 1. The smallest absolute Gasteiger partial charge is 0.129 e. The first-order chi connectivity index (χ1) is 6.22. The van der Waals surface area contributed by atoms with E-state index in [9.17, 15) is 8.78 Å². The fourth-order valence-corrected chi connectivity index (χ4v) is 0.995. The van der Waals surface area contributed by atoms with Crippen molar-refractivity contribution in [2.45, 2.75) is 13.3 Å². The summed E-state index contributed by atoms with van der Waals surface area (Å²) < 4.78 is 25.1. The summed E-state index contributed by atoms with van der Waals surface area (Å²) >= 11 is 0. The van der Waals surface area contributed by atoms with Gasteiger partial charge in [0.25, 0.3) is 0 Å². The summed E-state index contributed by atoms with van der Waals surface area (Å²) in [6.45, 7) is -1.38. The Morgan fingerprint density at radius 3 is 2.54 bits per heavy atom. The summed E-state index contributed by atoms with van der Waals surface area (Å²) in [5, 5.41) is 17.2.